The third kappa shape index (κ3) is 4.73. The zero-order valence-electron chi connectivity index (χ0n) is 18.6. The maximum absolute atomic E-state index is 14.2. The molecule has 8 heteroatoms. The molecule has 1 fully saturated rings. The number of hydrogen-bond acceptors (Lipinski definition) is 4. The number of nitrogens with two attached hydrogens (primary N) is 1. The van der Waals surface area contributed by atoms with Crippen LogP contribution in [0.5, 0.6) is 5.75 Å². The van der Waals surface area contributed by atoms with Crippen molar-refractivity contribution in [3.8, 4) is 11.8 Å². The van der Waals surface area contributed by atoms with E-state index in [9.17, 15) is 14.4 Å². The lowest BCUT2D eigenvalue weighted by Crippen LogP contribution is -2.33. The Bertz CT molecular complexity index is 1310. The Morgan fingerprint density at radius 2 is 2.15 bits per heavy atom. The molecular formula is C26H26ClFN4O2. The number of aromatic amines is 1. The van der Waals surface area contributed by atoms with E-state index in [4.69, 9.17) is 10.5 Å². The van der Waals surface area contributed by atoms with Crippen molar-refractivity contribution in [1.29, 1.82) is 5.26 Å². The van der Waals surface area contributed by atoms with Gasteiger partial charge in [0.1, 0.15) is 6.26 Å². The Hall–Kier alpha value is -3.50. The lowest BCUT2D eigenvalue weighted by atomic mass is 9.97. The quantitative estimate of drug-likeness (QED) is 0.428. The topological polar surface area (TPSA) is 104 Å². The number of aryl methyl sites for hydroxylation is 1. The van der Waals surface area contributed by atoms with Crippen LogP contribution >= 0.6 is 12.4 Å². The molecule has 0 unspecified atom stereocenters. The van der Waals surface area contributed by atoms with Crippen LogP contribution in [-0.4, -0.2) is 16.9 Å². The highest BCUT2D eigenvalue weighted by molar-refractivity contribution is 5.95. The number of primary amides is 1. The second-order valence-corrected chi connectivity index (χ2v) is 8.87. The monoisotopic (exact) mass is 480 g/mol. The molecule has 176 valence electrons. The highest BCUT2D eigenvalue weighted by Gasteiger charge is 2.32. The van der Waals surface area contributed by atoms with Crippen LogP contribution in [0.1, 0.15) is 52.7 Å². The number of allylic oxidation sites excluding steroid dienone is 1. The number of carbonyl (C=O) groups excluding carboxylic acids is 1. The van der Waals surface area contributed by atoms with Gasteiger partial charge in [-0.1, -0.05) is 0 Å². The maximum atomic E-state index is 14.2. The van der Waals surface area contributed by atoms with Crippen LogP contribution < -0.4 is 15.8 Å². The Morgan fingerprint density at radius 3 is 2.88 bits per heavy atom. The summed E-state index contributed by atoms with van der Waals surface area (Å²) >= 11 is 0. The number of carbonyl (C=O) groups is 1. The smallest absolute Gasteiger partial charge is 0.249 e. The molecule has 2 aromatic carbocycles. The van der Waals surface area contributed by atoms with Gasteiger partial charge < -0.3 is 20.8 Å². The number of benzene rings is 2. The van der Waals surface area contributed by atoms with Gasteiger partial charge in [0.15, 0.2) is 11.6 Å². The number of halogens is 2. The molecule has 5 rings (SSSR count). The molecule has 0 saturated heterocycles. The zero-order chi connectivity index (χ0) is 22.9. The molecule has 1 aliphatic carbocycles. The normalized spacial score (nSPS) is 15.4. The summed E-state index contributed by atoms with van der Waals surface area (Å²) in [6.45, 7) is 0. The minimum Gasteiger partial charge on any atom is -0.460 e. The number of nitrogens with zero attached hydrogens (tertiary/aromatic N) is 1. The van der Waals surface area contributed by atoms with E-state index in [0.29, 0.717) is 23.5 Å². The van der Waals surface area contributed by atoms with E-state index >= 15 is 0 Å². The predicted molar refractivity (Wildman–Crippen MR) is 130 cm³/mol. The summed E-state index contributed by atoms with van der Waals surface area (Å²) in [4.78, 5) is 15.1. The predicted octanol–water partition coefficient (Wildman–Crippen LogP) is 4.87. The summed E-state index contributed by atoms with van der Waals surface area (Å²) in [6, 6.07) is 10.8. The second-order valence-electron chi connectivity index (χ2n) is 8.87. The molecule has 1 saturated carbocycles. The molecule has 1 aliphatic heterocycles. The fourth-order valence-electron chi connectivity index (χ4n) is 4.71. The van der Waals surface area contributed by atoms with Gasteiger partial charge in [0.05, 0.1) is 17.3 Å². The summed E-state index contributed by atoms with van der Waals surface area (Å²) in [7, 11) is 0. The Balaban J connectivity index is 0.00000274. The van der Waals surface area contributed by atoms with Gasteiger partial charge in [0, 0.05) is 40.7 Å². The first-order valence-corrected chi connectivity index (χ1v) is 11.3. The van der Waals surface area contributed by atoms with E-state index in [1.807, 2.05) is 24.4 Å². The van der Waals surface area contributed by atoms with Crippen molar-refractivity contribution in [2.75, 3.05) is 0 Å². The number of nitrogens with one attached hydrogen (secondary N) is 2. The average Bonchev–Trinajstić information content (AvgIpc) is 3.59. The molecule has 0 radical (unpaired) electrons. The Morgan fingerprint density at radius 1 is 1.32 bits per heavy atom. The van der Waals surface area contributed by atoms with Gasteiger partial charge in [0.2, 0.25) is 5.91 Å². The molecule has 1 amide bonds. The van der Waals surface area contributed by atoms with Crippen LogP contribution in [0.15, 0.2) is 48.5 Å². The fraction of sp³-hybridized carbons (Fsp3) is 0.308. The lowest BCUT2D eigenvalue weighted by molar-refractivity contribution is 0.0999. The first kappa shape index (κ1) is 23.7. The van der Waals surface area contributed by atoms with Crippen LogP contribution in [-0.2, 0) is 12.8 Å². The molecule has 1 atom stereocenters. The Labute approximate surface area is 203 Å². The van der Waals surface area contributed by atoms with Crippen molar-refractivity contribution in [2.24, 2.45) is 11.7 Å². The third-order valence-corrected chi connectivity index (χ3v) is 6.58. The van der Waals surface area contributed by atoms with Gasteiger partial charge in [0.25, 0.3) is 0 Å². The van der Waals surface area contributed by atoms with Crippen LogP contribution in [0.4, 0.5) is 4.39 Å². The number of fused-ring (bicyclic) bond motifs is 2. The van der Waals surface area contributed by atoms with Crippen LogP contribution in [0.25, 0.3) is 10.9 Å². The van der Waals surface area contributed by atoms with Crippen molar-refractivity contribution in [3.63, 3.8) is 0 Å². The maximum Gasteiger partial charge on any atom is 0.249 e. The number of aromatic nitrogens is 1. The molecule has 3 aromatic rings. The molecule has 0 spiro atoms. The summed E-state index contributed by atoms with van der Waals surface area (Å²) in [5, 5.41) is 13.9. The van der Waals surface area contributed by atoms with Crippen molar-refractivity contribution in [1.82, 2.24) is 10.3 Å². The first-order chi connectivity index (χ1) is 16.0. The third-order valence-electron chi connectivity index (χ3n) is 6.58. The van der Waals surface area contributed by atoms with Crippen LogP contribution in [0.2, 0.25) is 0 Å². The van der Waals surface area contributed by atoms with Crippen molar-refractivity contribution in [2.45, 2.75) is 44.6 Å². The van der Waals surface area contributed by atoms with Crippen LogP contribution in [0, 0.1) is 23.1 Å². The van der Waals surface area contributed by atoms with Gasteiger partial charge in [-0.05, 0) is 73.9 Å². The van der Waals surface area contributed by atoms with Crippen molar-refractivity contribution >= 4 is 29.2 Å². The van der Waals surface area contributed by atoms with E-state index in [-0.39, 0.29) is 29.8 Å². The minimum absolute atomic E-state index is 0. The Kier molecular flexibility index (Phi) is 6.80. The molecule has 2 heterocycles. The summed E-state index contributed by atoms with van der Waals surface area (Å²) in [6.07, 6.45) is 9.21. The second kappa shape index (κ2) is 9.78. The van der Waals surface area contributed by atoms with Gasteiger partial charge in [-0.3, -0.25) is 4.79 Å². The molecule has 0 bridgehead atoms. The average molecular weight is 481 g/mol. The molecule has 1 aromatic heterocycles. The number of hydrogen-bond donors (Lipinski definition) is 3. The van der Waals surface area contributed by atoms with Gasteiger partial charge in [-0.15, -0.1) is 12.4 Å². The molecular weight excluding hydrogens is 455 g/mol. The van der Waals surface area contributed by atoms with Crippen LogP contribution in [0.3, 0.4) is 0 Å². The van der Waals surface area contributed by atoms with Gasteiger partial charge in [-0.2, -0.15) is 5.26 Å². The number of nitriles is 1. The lowest BCUT2D eigenvalue weighted by Gasteiger charge is -2.25. The summed E-state index contributed by atoms with van der Waals surface area (Å²) in [5.74, 6) is -0.407. The molecule has 34 heavy (non-hydrogen) atoms. The number of H-pyrrole nitrogens is 1. The standard InChI is InChI=1S/C26H25FN4O2.ClH/c27-22-8-7-19(26(29)32)21-11-18(14-33-25(21)22)31-23(16-5-6-16)3-1-2-17-13-30-24-9-4-15(12-28)10-20(17)24;/h4,7-10,13-14,16,23,30-31H,1-3,5-6,11H2,(H2,29,32);1H/t23-;/m0./s1. The van der Waals surface area contributed by atoms with Crippen molar-refractivity contribution in [3.05, 3.63) is 76.6 Å². The minimum atomic E-state index is -0.590. The molecule has 4 N–H and O–H groups in total. The SMILES string of the molecule is Cl.N#Cc1ccc2[nH]cc(CCC[C@H](NC3=COc4c(F)ccc(C(N)=O)c4C3)C3CC3)c2c1. The largest absolute Gasteiger partial charge is 0.460 e. The summed E-state index contributed by atoms with van der Waals surface area (Å²) in [5.41, 5.74) is 10.0. The highest BCUT2D eigenvalue weighted by Crippen LogP contribution is 2.37. The number of ether oxygens (including phenoxy) is 1. The number of rotatable bonds is 8. The van der Waals surface area contributed by atoms with E-state index in [0.717, 1.165) is 35.9 Å². The van der Waals surface area contributed by atoms with E-state index in [1.165, 1.54) is 30.5 Å². The first-order valence-electron chi connectivity index (χ1n) is 11.3. The highest BCUT2D eigenvalue weighted by atomic mass is 35.5. The summed E-state index contributed by atoms with van der Waals surface area (Å²) < 4.78 is 19.7. The zero-order valence-corrected chi connectivity index (χ0v) is 19.4. The van der Waals surface area contributed by atoms with E-state index in [1.54, 1.807) is 6.26 Å². The molecule has 2 aliphatic rings. The fourth-order valence-corrected chi connectivity index (χ4v) is 4.71. The van der Waals surface area contributed by atoms with E-state index in [2.05, 4.69) is 16.4 Å². The van der Waals surface area contributed by atoms with Gasteiger partial charge in [-0.25, -0.2) is 4.39 Å². The number of amides is 1. The van der Waals surface area contributed by atoms with Crippen molar-refractivity contribution < 1.29 is 13.9 Å². The molecule has 6 nitrogen and oxygen atoms in total. The van der Waals surface area contributed by atoms with E-state index < -0.39 is 11.7 Å². The van der Waals surface area contributed by atoms with Gasteiger partial charge >= 0.3 is 0 Å².